The van der Waals surface area contributed by atoms with Crippen LogP contribution < -0.4 is 10.1 Å². The molecule has 1 aliphatic rings. The zero-order chi connectivity index (χ0) is 16.4. The number of urea groups is 1. The second-order valence-electron chi connectivity index (χ2n) is 5.43. The number of likely N-dealkylation sites (tertiary alicyclic amines) is 1. The highest BCUT2D eigenvalue weighted by Crippen LogP contribution is 2.32. The second-order valence-corrected chi connectivity index (χ2v) is 5.43. The van der Waals surface area contributed by atoms with E-state index in [2.05, 4.69) is 15.5 Å². The molecule has 0 spiro atoms. The fourth-order valence-electron chi connectivity index (χ4n) is 2.83. The van der Waals surface area contributed by atoms with Crippen LogP contribution in [0.3, 0.4) is 0 Å². The van der Waals surface area contributed by atoms with Gasteiger partial charge in [0.15, 0.2) is 5.82 Å². The molecule has 0 aliphatic carbocycles. The molecule has 1 fully saturated rings. The van der Waals surface area contributed by atoms with Gasteiger partial charge in [0.2, 0.25) is 0 Å². The summed E-state index contributed by atoms with van der Waals surface area (Å²) in [5.74, 6) is 0.620. The number of hydrogen-bond donors (Lipinski definition) is 1. The third kappa shape index (κ3) is 2.96. The van der Waals surface area contributed by atoms with Gasteiger partial charge in [0.25, 0.3) is 0 Å². The Morgan fingerprint density at radius 1 is 1.48 bits per heavy atom. The molecule has 0 radical (unpaired) electrons. The van der Waals surface area contributed by atoms with E-state index < -0.39 is 5.82 Å². The van der Waals surface area contributed by atoms with Gasteiger partial charge >= 0.3 is 6.03 Å². The number of rotatable bonds is 3. The zero-order valence-corrected chi connectivity index (χ0v) is 13.0. The maximum Gasteiger partial charge on any atom is 0.322 e. The van der Waals surface area contributed by atoms with Crippen LogP contribution in [-0.4, -0.2) is 39.4 Å². The van der Waals surface area contributed by atoms with Crippen molar-refractivity contribution in [3.63, 3.8) is 0 Å². The predicted molar refractivity (Wildman–Crippen MR) is 81.7 cm³/mol. The summed E-state index contributed by atoms with van der Waals surface area (Å²) >= 11 is 0. The number of nitrogens with zero attached hydrogens (tertiary/aromatic N) is 4. The summed E-state index contributed by atoms with van der Waals surface area (Å²) in [6.45, 7) is 0.632. The average molecular weight is 319 g/mol. The normalized spacial score (nSPS) is 17.3. The number of aromatic nitrogens is 3. The maximum atomic E-state index is 13.2. The van der Waals surface area contributed by atoms with Gasteiger partial charge in [0, 0.05) is 19.7 Å². The van der Waals surface area contributed by atoms with Crippen molar-refractivity contribution in [3.8, 4) is 5.75 Å². The fourth-order valence-corrected chi connectivity index (χ4v) is 2.83. The van der Waals surface area contributed by atoms with Crippen molar-refractivity contribution < 1.29 is 13.9 Å². The lowest BCUT2D eigenvalue weighted by Crippen LogP contribution is -2.35. The number of amides is 2. The van der Waals surface area contributed by atoms with Crippen LogP contribution in [-0.2, 0) is 7.05 Å². The summed E-state index contributed by atoms with van der Waals surface area (Å²) in [4.78, 5) is 14.3. The van der Waals surface area contributed by atoms with E-state index in [1.54, 1.807) is 11.2 Å². The van der Waals surface area contributed by atoms with Crippen LogP contribution in [0.5, 0.6) is 5.75 Å². The molecule has 2 amide bonds. The topological polar surface area (TPSA) is 72.3 Å². The molecule has 8 heteroatoms. The Kier molecular flexibility index (Phi) is 4.14. The molecule has 1 N–H and O–H groups in total. The van der Waals surface area contributed by atoms with Gasteiger partial charge in [-0.1, -0.05) is 0 Å². The number of ether oxygens (including phenoxy) is 1. The second kappa shape index (κ2) is 6.23. The maximum absolute atomic E-state index is 13.2. The molecular formula is C15H18FN5O2. The highest BCUT2D eigenvalue weighted by molar-refractivity contribution is 5.91. The molecule has 1 aliphatic heterocycles. The van der Waals surface area contributed by atoms with Crippen molar-refractivity contribution in [2.45, 2.75) is 18.9 Å². The van der Waals surface area contributed by atoms with Gasteiger partial charge in [-0.3, -0.25) is 0 Å². The predicted octanol–water partition coefficient (Wildman–Crippen LogP) is 2.33. The number of aryl methyl sites for hydroxylation is 1. The minimum atomic E-state index is -0.419. The molecule has 0 bridgehead atoms. The van der Waals surface area contributed by atoms with E-state index >= 15 is 0 Å². The SMILES string of the molecule is COc1cc(F)ccc1NC(=O)N1CCCC1c1nncn1C. The average Bonchev–Trinajstić information content (AvgIpc) is 3.17. The van der Waals surface area contributed by atoms with Crippen molar-refractivity contribution in [1.82, 2.24) is 19.7 Å². The number of methoxy groups -OCH3 is 1. The molecule has 1 aromatic carbocycles. The largest absolute Gasteiger partial charge is 0.494 e. The third-order valence-corrected chi connectivity index (χ3v) is 3.96. The third-order valence-electron chi connectivity index (χ3n) is 3.96. The van der Waals surface area contributed by atoms with Gasteiger partial charge < -0.3 is 19.5 Å². The Hall–Kier alpha value is -2.64. The Balaban J connectivity index is 1.79. The highest BCUT2D eigenvalue weighted by atomic mass is 19.1. The van der Waals surface area contributed by atoms with Crippen molar-refractivity contribution in [3.05, 3.63) is 36.2 Å². The molecular weight excluding hydrogens is 301 g/mol. The fraction of sp³-hybridized carbons (Fsp3) is 0.400. The van der Waals surface area contributed by atoms with Crippen LogP contribution in [0.1, 0.15) is 24.7 Å². The van der Waals surface area contributed by atoms with Crippen molar-refractivity contribution >= 4 is 11.7 Å². The first kappa shape index (κ1) is 15.3. The summed E-state index contributed by atoms with van der Waals surface area (Å²) in [7, 11) is 3.29. The molecule has 1 aromatic heterocycles. The Morgan fingerprint density at radius 3 is 3.00 bits per heavy atom. The molecule has 3 rings (SSSR count). The first-order valence-electron chi connectivity index (χ1n) is 7.35. The lowest BCUT2D eigenvalue weighted by molar-refractivity contribution is 0.204. The van der Waals surface area contributed by atoms with Gasteiger partial charge in [0.05, 0.1) is 18.8 Å². The standard InChI is InChI=1S/C15H18FN5O2/c1-20-9-17-19-14(20)12-4-3-7-21(12)15(22)18-11-6-5-10(16)8-13(11)23-2/h5-6,8-9,12H,3-4,7H2,1-2H3,(H,18,22). The molecule has 0 saturated carbocycles. The van der Waals surface area contributed by atoms with Gasteiger partial charge in [0.1, 0.15) is 17.9 Å². The smallest absolute Gasteiger partial charge is 0.322 e. The summed E-state index contributed by atoms with van der Waals surface area (Å²) in [5, 5.41) is 10.8. The lowest BCUT2D eigenvalue weighted by atomic mass is 10.2. The van der Waals surface area contributed by atoms with Crippen molar-refractivity contribution in [2.75, 3.05) is 19.0 Å². The van der Waals surface area contributed by atoms with Gasteiger partial charge in [-0.05, 0) is 25.0 Å². The number of carbonyl (C=O) groups excluding carboxylic acids is 1. The molecule has 2 heterocycles. The number of carbonyl (C=O) groups is 1. The number of hydrogen-bond acceptors (Lipinski definition) is 4. The van der Waals surface area contributed by atoms with Gasteiger partial charge in [-0.25, -0.2) is 9.18 Å². The highest BCUT2D eigenvalue weighted by Gasteiger charge is 2.33. The summed E-state index contributed by atoms with van der Waals surface area (Å²) < 4.78 is 20.2. The van der Waals surface area contributed by atoms with Crippen LogP contribution in [0.2, 0.25) is 0 Å². The van der Waals surface area contributed by atoms with E-state index in [-0.39, 0.29) is 17.8 Å². The van der Waals surface area contributed by atoms with Crippen LogP contribution in [0.4, 0.5) is 14.9 Å². The lowest BCUT2D eigenvalue weighted by Gasteiger charge is -2.24. The number of halogens is 1. The first-order chi connectivity index (χ1) is 11.1. The van der Waals surface area contributed by atoms with E-state index in [1.807, 2.05) is 11.6 Å². The minimum absolute atomic E-state index is 0.117. The van der Waals surface area contributed by atoms with Crippen LogP contribution in [0.15, 0.2) is 24.5 Å². The van der Waals surface area contributed by atoms with E-state index in [0.29, 0.717) is 12.2 Å². The Bertz CT molecular complexity index is 718. The molecule has 2 aromatic rings. The monoisotopic (exact) mass is 319 g/mol. The van der Waals surface area contributed by atoms with Crippen LogP contribution in [0.25, 0.3) is 0 Å². The number of benzene rings is 1. The number of anilines is 1. The summed E-state index contributed by atoms with van der Waals surface area (Å²) in [5.41, 5.74) is 0.433. The van der Waals surface area contributed by atoms with Crippen molar-refractivity contribution in [1.29, 1.82) is 0 Å². The van der Waals surface area contributed by atoms with E-state index in [9.17, 15) is 9.18 Å². The van der Waals surface area contributed by atoms with Crippen LogP contribution in [0, 0.1) is 5.82 Å². The van der Waals surface area contributed by atoms with E-state index in [0.717, 1.165) is 18.7 Å². The molecule has 23 heavy (non-hydrogen) atoms. The summed E-state index contributed by atoms with van der Waals surface area (Å²) in [6.07, 6.45) is 3.35. The van der Waals surface area contributed by atoms with E-state index in [1.165, 1.54) is 25.3 Å². The Labute approximate surface area is 133 Å². The zero-order valence-electron chi connectivity index (χ0n) is 13.0. The van der Waals surface area contributed by atoms with Crippen LogP contribution >= 0.6 is 0 Å². The van der Waals surface area contributed by atoms with Gasteiger partial charge in [-0.2, -0.15) is 0 Å². The molecule has 1 atom stereocenters. The molecule has 122 valence electrons. The van der Waals surface area contributed by atoms with Crippen molar-refractivity contribution in [2.24, 2.45) is 7.05 Å². The molecule has 1 saturated heterocycles. The first-order valence-corrected chi connectivity index (χ1v) is 7.35. The Morgan fingerprint density at radius 2 is 2.30 bits per heavy atom. The minimum Gasteiger partial charge on any atom is -0.494 e. The van der Waals surface area contributed by atoms with Gasteiger partial charge in [-0.15, -0.1) is 10.2 Å². The quantitative estimate of drug-likeness (QED) is 0.942. The summed E-state index contributed by atoms with van der Waals surface area (Å²) in [6, 6.07) is 3.62. The molecule has 7 nitrogen and oxygen atoms in total. The number of nitrogens with one attached hydrogen (secondary N) is 1. The van der Waals surface area contributed by atoms with E-state index in [4.69, 9.17) is 4.74 Å². The molecule has 1 unspecified atom stereocenters.